The van der Waals surface area contributed by atoms with E-state index in [0.29, 0.717) is 5.69 Å². The van der Waals surface area contributed by atoms with Crippen LogP contribution in [0.4, 0.5) is 5.69 Å². The lowest BCUT2D eigenvalue weighted by Gasteiger charge is -2.20. The second-order valence-electron chi connectivity index (χ2n) is 3.84. The number of nitrogens with zero attached hydrogens (tertiary/aromatic N) is 3. The summed E-state index contributed by atoms with van der Waals surface area (Å²) in [5, 5.41) is 15.9. The fraction of sp³-hybridized carbons (Fsp3) is 0.167. The number of pyridine rings is 1. The molecule has 0 aliphatic carbocycles. The molecule has 18 heavy (non-hydrogen) atoms. The Labute approximate surface area is 109 Å². The molecule has 0 aliphatic rings. The number of thiophene rings is 1. The number of hydrogen-bond donors (Lipinski definition) is 2. The first-order chi connectivity index (χ1) is 8.72. The van der Waals surface area contributed by atoms with E-state index in [4.69, 9.17) is 10.9 Å². The van der Waals surface area contributed by atoms with Crippen LogP contribution < -0.4 is 10.6 Å². The number of amidine groups is 1. The summed E-state index contributed by atoms with van der Waals surface area (Å²) in [4.78, 5) is 6.16. The van der Waals surface area contributed by atoms with Gasteiger partial charge >= 0.3 is 0 Å². The number of nitrogens with two attached hydrogens (primary N) is 1. The van der Waals surface area contributed by atoms with Crippen LogP contribution in [0.15, 0.2) is 40.3 Å². The molecule has 0 atom stereocenters. The van der Waals surface area contributed by atoms with E-state index >= 15 is 0 Å². The van der Waals surface area contributed by atoms with Crippen LogP contribution in [0.1, 0.15) is 11.3 Å². The topological polar surface area (TPSA) is 74.7 Å². The number of aromatic nitrogens is 1. The van der Waals surface area contributed by atoms with Crippen LogP contribution in [-0.2, 0) is 6.54 Å². The van der Waals surface area contributed by atoms with Crippen molar-refractivity contribution in [2.24, 2.45) is 10.9 Å². The minimum absolute atomic E-state index is 0.0165. The normalized spacial score (nSPS) is 11.5. The van der Waals surface area contributed by atoms with Gasteiger partial charge in [-0.15, -0.1) is 0 Å². The zero-order chi connectivity index (χ0) is 13.0. The predicted molar refractivity (Wildman–Crippen MR) is 73.2 cm³/mol. The molecule has 94 valence electrons. The monoisotopic (exact) mass is 262 g/mol. The average Bonchev–Trinajstić information content (AvgIpc) is 2.90. The Balaban J connectivity index is 2.27. The van der Waals surface area contributed by atoms with Crippen molar-refractivity contribution >= 4 is 22.9 Å². The third-order valence-electron chi connectivity index (χ3n) is 2.55. The summed E-state index contributed by atoms with van der Waals surface area (Å²) in [5.74, 6) is 0.0165. The summed E-state index contributed by atoms with van der Waals surface area (Å²) in [6.45, 7) is 0.751. The van der Waals surface area contributed by atoms with Crippen LogP contribution in [0.3, 0.4) is 0 Å². The Morgan fingerprint density at radius 2 is 2.39 bits per heavy atom. The fourth-order valence-electron chi connectivity index (χ4n) is 1.69. The molecule has 0 amide bonds. The molecule has 2 aromatic heterocycles. The first kappa shape index (κ1) is 12.4. The fourth-order valence-corrected chi connectivity index (χ4v) is 2.35. The molecule has 2 heterocycles. The molecular formula is C12H14N4OS. The van der Waals surface area contributed by atoms with Crippen molar-refractivity contribution in [2.45, 2.75) is 6.54 Å². The van der Waals surface area contributed by atoms with Gasteiger partial charge in [-0.3, -0.25) is 4.98 Å². The molecule has 0 saturated carbocycles. The van der Waals surface area contributed by atoms with Gasteiger partial charge in [0.05, 0.1) is 5.69 Å². The summed E-state index contributed by atoms with van der Waals surface area (Å²) >= 11 is 1.66. The quantitative estimate of drug-likeness (QED) is 0.382. The van der Waals surface area contributed by atoms with Gasteiger partial charge < -0.3 is 15.8 Å². The van der Waals surface area contributed by atoms with Crippen molar-refractivity contribution < 1.29 is 5.21 Å². The van der Waals surface area contributed by atoms with Crippen LogP contribution in [0, 0.1) is 0 Å². The van der Waals surface area contributed by atoms with Crippen LogP contribution in [0.2, 0.25) is 0 Å². The highest BCUT2D eigenvalue weighted by Gasteiger charge is 2.12. The van der Waals surface area contributed by atoms with E-state index in [-0.39, 0.29) is 5.84 Å². The van der Waals surface area contributed by atoms with Gasteiger partial charge in [-0.05, 0) is 34.5 Å². The van der Waals surface area contributed by atoms with Crippen LogP contribution >= 0.6 is 11.3 Å². The number of rotatable bonds is 4. The molecule has 0 saturated heterocycles. The van der Waals surface area contributed by atoms with Gasteiger partial charge in [-0.1, -0.05) is 5.16 Å². The van der Waals surface area contributed by atoms with E-state index in [0.717, 1.165) is 12.2 Å². The van der Waals surface area contributed by atoms with Crippen LogP contribution in [-0.4, -0.2) is 23.1 Å². The Kier molecular flexibility index (Phi) is 3.78. The third-order valence-corrected chi connectivity index (χ3v) is 3.28. The zero-order valence-electron chi connectivity index (χ0n) is 9.95. The second-order valence-corrected chi connectivity index (χ2v) is 4.62. The summed E-state index contributed by atoms with van der Waals surface area (Å²) < 4.78 is 0. The van der Waals surface area contributed by atoms with E-state index in [1.807, 2.05) is 29.5 Å². The molecule has 3 N–H and O–H groups in total. The standard InChI is InChI=1S/C12H14N4OS/c1-16(7-9-4-6-18-8-9)10-3-2-5-14-11(10)12(13)15-17/h2-6,8,17H,7H2,1H3,(H2,13,15). The molecule has 0 bridgehead atoms. The maximum absolute atomic E-state index is 8.76. The maximum atomic E-state index is 8.76. The molecule has 2 rings (SSSR count). The number of anilines is 1. The second kappa shape index (κ2) is 5.50. The van der Waals surface area contributed by atoms with Gasteiger partial charge in [0, 0.05) is 19.8 Å². The first-order valence-corrected chi connectivity index (χ1v) is 6.31. The maximum Gasteiger partial charge on any atom is 0.190 e. The van der Waals surface area contributed by atoms with Crippen molar-refractivity contribution in [3.8, 4) is 0 Å². The van der Waals surface area contributed by atoms with E-state index < -0.39 is 0 Å². The summed E-state index contributed by atoms with van der Waals surface area (Å²) in [6.07, 6.45) is 1.62. The van der Waals surface area contributed by atoms with Crippen molar-refractivity contribution in [3.63, 3.8) is 0 Å². The molecule has 0 aliphatic heterocycles. The Morgan fingerprint density at radius 3 is 3.06 bits per heavy atom. The van der Waals surface area contributed by atoms with Gasteiger partial charge in [-0.25, -0.2) is 0 Å². The minimum atomic E-state index is 0.0165. The van der Waals surface area contributed by atoms with Gasteiger partial charge in [0.2, 0.25) is 0 Å². The van der Waals surface area contributed by atoms with Crippen LogP contribution in [0.25, 0.3) is 0 Å². The van der Waals surface area contributed by atoms with Crippen molar-refractivity contribution in [2.75, 3.05) is 11.9 Å². The SMILES string of the molecule is CN(Cc1ccsc1)c1cccnc1/C(N)=N/O. The number of hydrogen-bond acceptors (Lipinski definition) is 5. The van der Waals surface area contributed by atoms with Gasteiger partial charge in [0.25, 0.3) is 0 Å². The average molecular weight is 262 g/mol. The first-order valence-electron chi connectivity index (χ1n) is 5.37. The Bertz CT molecular complexity index is 539. The van der Waals surface area contributed by atoms with E-state index in [1.54, 1.807) is 17.5 Å². The molecule has 0 aromatic carbocycles. The Morgan fingerprint density at radius 1 is 1.56 bits per heavy atom. The highest BCUT2D eigenvalue weighted by Crippen LogP contribution is 2.19. The molecule has 6 heteroatoms. The Hall–Kier alpha value is -2.08. The molecular weight excluding hydrogens is 248 g/mol. The van der Waals surface area contributed by atoms with E-state index in [9.17, 15) is 0 Å². The lowest BCUT2D eigenvalue weighted by Crippen LogP contribution is -2.23. The van der Waals surface area contributed by atoms with Crippen molar-refractivity contribution in [1.82, 2.24) is 4.98 Å². The lowest BCUT2D eigenvalue weighted by atomic mass is 10.2. The van der Waals surface area contributed by atoms with E-state index in [2.05, 4.69) is 21.6 Å². The minimum Gasteiger partial charge on any atom is -0.409 e. The van der Waals surface area contributed by atoms with Gasteiger partial charge in [-0.2, -0.15) is 11.3 Å². The van der Waals surface area contributed by atoms with Gasteiger partial charge in [0.15, 0.2) is 5.84 Å². The number of oxime groups is 1. The smallest absolute Gasteiger partial charge is 0.190 e. The van der Waals surface area contributed by atoms with Crippen molar-refractivity contribution in [1.29, 1.82) is 0 Å². The molecule has 0 fully saturated rings. The van der Waals surface area contributed by atoms with Crippen molar-refractivity contribution in [3.05, 3.63) is 46.4 Å². The van der Waals surface area contributed by atoms with Crippen LogP contribution in [0.5, 0.6) is 0 Å². The molecule has 0 radical (unpaired) electrons. The highest BCUT2D eigenvalue weighted by atomic mass is 32.1. The third kappa shape index (κ3) is 2.60. The molecule has 2 aromatic rings. The molecule has 0 spiro atoms. The van der Waals surface area contributed by atoms with E-state index in [1.165, 1.54) is 5.56 Å². The summed E-state index contributed by atoms with van der Waals surface area (Å²) in [7, 11) is 1.95. The summed E-state index contributed by atoms with van der Waals surface area (Å²) in [5.41, 5.74) is 8.15. The lowest BCUT2D eigenvalue weighted by molar-refractivity contribution is 0.318. The predicted octanol–water partition coefficient (Wildman–Crippen LogP) is 1.87. The summed E-state index contributed by atoms with van der Waals surface area (Å²) in [6, 6.07) is 5.79. The van der Waals surface area contributed by atoms with Gasteiger partial charge in [0.1, 0.15) is 5.69 Å². The molecule has 0 unspecified atom stereocenters. The molecule has 5 nitrogen and oxygen atoms in total. The zero-order valence-corrected chi connectivity index (χ0v) is 10.8. The highest BCUT2D eigenvalue weighted by molar-refractivity contribution is 7.07. The largest absolute Gasteiger partial charge is 0.409 e.